The second-order valence-corrected chi connectivity index (χ2v) is 7.50. The van der Waals surface area contributed by atoms with Gasteiger partial charge in [0.2, 0.25) is 5.91 Å². The molecule has 0 unspecified atom stereocenters. The minimum atomic E-state index is -3.26. The molecular weight excluding hydrogens is 352 g/mol. The van der Waals surface area contributed by atoms with Crippen LogP contribution in [0, 0.1) is 0 Å². The first kappa shape index (κ1) is 18.1. The monoisotopic (exact) mass is 368 g/mol. The van der Waals surface area contributed by atoms with Gasteiger partial charge >= 0.3 is 0 Å². The molecule has 8 heteroatoms. The summed E-state index contributed by atoms with van der Waals surface area (Å²) in [6.07, 6.45) is 1.13. The van der Waals surface area contributed by atoms with Gasteiger partial charge in [0.15, 0.2) is 9.84 Å². The molecule has 2 rings (SSSR count). The van der Waals surface area contributed by atoms with Crippen molar-refractivity contribution in [2.75, 3.05) is 30.5 Å². The number of nitrogens with one attached hydrogen (secondary N) is 2. The summed E-state index contributed by atoms with van der Waals surface area (Å²) >= 11 is 5.93. The van der Waals surface area contributed by atoms with Gasteiger partial charge in [0.1, 0.15) is 5.75 Å². The highest BCUT2D eigenvalue weighted by atomic mass is 35.5. The quantitative estimate of drug-likeness (QED) is 0.819. The van der Waals surface area contributed by atoms with E-state index >= 15 is 0 Å². The number of halogens is 1. The summed E-state index contributed by atoms with van der Waals surface area (Å²) in [5.74, 6) is 0.286. The number of hydrogen-bond acceptors (Lipinski definition) is 5. The van der Waals surface area contributed by atoms with Crippen molar-refractivity contribution in [3.8, 4) is 5.75 Å². The number of carbonyl (C=O) groups excluding carboxylic acids is 1. The third-order valence-corrected chi connectivity index (χ3v) is 4.53. The number of sulfone groups is 1. The highest BCUT2D eigenvalue weighted by molar-refractivity contribution is 7.90. The Labute approximate surface area is 145 Å². The molecule has 0 aliphatic heterocycles. The Morgan fingerprint density at radius 3 is 2.42 bits per heavy atom. The van der Waals surface area contributed by atoms with E-state index in [-0.39, 0.29) is 17.3 Å². The van der Waals surface area contributed by atoms with Crippen molar-refractivity contribution in [2.24, 2.45) is 0 Å². The van der Waals surface area contributed by atoms with E-state index in [0.717, 1.165) is 6.26 Å². The predicted molar refractivity (Wildman–Crippen MR) is 94.7 cm³/mol. The lowest BCUT2D eigenvalue weighted by molar-refractivity contribution is -0.114. The maximum Gasteiger partial charge on any atom is 0.243 e. The SMILES string of the molecule is COc1ccc(Cl)cc1NCC(=O)Nc1ccc(S(C)(=O)=O)cc1. The molecule has 2 aromatic carbocycles. The molecule has 128 valence electrons. The number of ether oxygens (including phenoxy) is 1. The van der Waals surface area contributed by atoms with Crippen LogP contribution in [0.3, 0.4) is 0 Å². The number of carbonyl (C=O) groups is 1. The minimum absolute atomic E-state index is 0.00449. The third kappa shape index (κ3) is 4.87. The van der Waals surface area contributed by atoms with Crippen molar-refractivity contribution >= 4 is 38.7 Å². The van der Waals surface area contributed by atoms with E-state index in [9.17, 15) is 13.2 Å². The lowest BCUT2D eigenvalue weighted by Gasteiger charge is -2.12. The lowest BCUT2D eigenvalue weighted by atomic mass is 10.3. The average molecular weight is 369 g/mol. The topological polar surface area (TPSA) is 84.5 Å². The van der Waals surface area contributed by atoms with Gasteiger partial charge in [0, 0.05) is 17.0 Å². The smallest absolute Gasteiger partial charge is 0.243 e. The Balaban J connectivity index is 1.98. The Morgan fingerprint density at radius 2 is 1.83 bits per heavy atom. The van der Waals surface area contributed by atoms with E-state index in [0.29, 0.717) is 22.1 Å². The fraction of sp³-hybridized carbons (Fsp3) is 0.188. The summed E-state index contributed by atoms with van der Waals surface area (Å²) < 4.78 is 28.0. The molecule has 0 bridgehead atoms. The molecule has 1 amide bonds. The number of methoxy groups -OCH3 is 1. The second kappa shape index (κ2) is 7.55. The maximum atomic E-state index is 12.0. The Hall–Kier alpha value is -2.25. The summed E-state index contributed by atoms with van der Waals surface area (Å²) in [5, 5.41) is 6.14. The van der Waals surface area contributed by atoms with Crippen molar-refractivity contribution in [1.82, 2.24) is 0 Å². The Bertz CT molecular complexity index is 836. The molecule has 0 atom stereocenters. The number of anilines is 2. The van der Waals surface area contributed by atoms with Gasteiger partial charge in [-0.2, -0.15) is 0 Å². The van der Waals surface area contributed by atoms with Crippen LogP contribution in [0.2, 0.25) is 5.02 Å². The van der Waals surface area contributed by atoms with Crippen LogP contribution in [0.4, 0.5) is 11.4 Å². The van der Waals surface area contributed by atoms with Crippen LogP contribution < -0.4 is 15.4 Å². The number of rotatable bonds is 6. The normalized spacial score (nSPS) is 11.0. The zero-order valence-electron chi connectivity index (χ0n) is 13.2. The van der Waals surface area contributed by atoms with Crippen LogP contribution in [0.5, 0.6) is 5.75 Å². The Morgan fingerprint density at radius 1 is 1.17 bits per heavy atom. The van der Waals surface area contributed by atoms with Gasteiger partial charge in [-0.1, -0.05) is 11.6 Å². The molecule has 0 heterocycles. The van der Waals surface area contributed by atoms with Crippen molar-refractivity contribution in [2.45, 2.75) is 4.90 Å². The van der Waals surface area contributed by atoms with Gasteiger partial charge in [-0.15, -0.1) is 0 Å². The van der Waals surface area contributed by atoms with Crippen LogP contribution in [0.1, 0.15) is 0 Å². The fourth-order valence-corrected chi connectivity index (χ4v) is 2.79. The minimum Gasteiger partial charge on any atom is -0.495 e. The molecule has 2 N–H and O–H groups in total. The first-order valence-electron chi connectivity index (χ1n) is 6.97. The summed E-state index contributed by atoms with van der Waals surface area (Å²) in [5.41, 5.74) is 1.11. The standard InChI is InChI=1S/C16H17ClN2O4S/c1-23-15-8-3-11(17)9-14(15)18-10-16(20)19-12-4-6-13(7-5-12)24(2,21)22/h3-9,18H,10H2,1-2H3,(H,19,20). The van der Waals surface area contributed by atoms with Crippen LogP contribution in [0.25, 0.3) is 0 Å². The van der Waals surface area contributed by atoms with Crippen molar-refractivity contribution < 1.29 is 17.9 Å². The summed E-state index contributed by atoms with van der Waals surface area (Å²) in [6.45, 7) is 0.00449. The molecule has 2 aromatic rings. The molecule has 0 saturated heterocycles. The van der Waals surface area contributed by atoms with E-state index in [2.05, 4.69) is 10.6 Å². The zero-order chi connectivity index (χ0) is 17.7. The number of hydrogen-bond donors (Lipinski definition) is 2. The molecule has 0 aliphatic carbocycles. The van der Waals surface area contributed by atoms with E-state index < -0.39 is 9.84 Å². The van der Waals surface area contributed by atoms with Crippen molar-refractivity contribution in [3.63, 3.8) is 0 Å². The number of benzene rings is 2. The largest absolute Gasteiger partial charge is 0.495 e. The highest BCUT2D eigenvalue weighted by Gasteiger charge is 2.09. The van der Waals surface area contributed by atoms with E-state index in [1.807, 2.05) is 0 Å². The molecule has 24 heavy (non-hydrogen) atoms. The van der Waals surface area contributed by atoms with Gasteiger partial charge in [-0.3, -0.25) is 4.79 Å². The van der Waals surface area contributed by atoms with E-state index in [1.54, 1.807) is 18.2 Å². The molecule has 0 aliphatic rings. The Kier molecular flexibility index (Phi) is 5.69. The molecule has 0 radical (unpaired) electrons. The van der Waals surface area contributed by atoms with Gasteiger partial charge < -0.3 is 15.4 Å². The predicted octanol–water partition coefficient (Wildman–Crippen LogP) is 2.80. The van der Waals surface area contributed by atoms with Gasteiger partial charge in [-0.05, 0) is 42.5 Å². The van der Waals surface area contributed by atoms with Crippen molar-refractivity contribution in [1.29, 1.82) is 0 Å². The number of amides is 1. The van der Waals surface area contributed by atoms with Gasteiger partial charge in [0.05, 0.1) is 24.2 Å². The third-order valence-electron chi connectivity index (χ3n) is 3.17. The molecule has 0 aromatic heterocycles. The molecule has 0 fully saturated rings. The first-order valence-corrected chi connectivity index (χ1v) is 9.24. The van der Waals surface area contributed by atoms with Crippen LogP contribution in [0.15, 0.2) is 47.4 Å². The maximum absolute atomic E-state index is 12.0. The summed E-state index contributed by atoms with van der Waals surface area (Å²) in [7, 11) is -1.73. The van der Waals surface area contributed by atoms with E-state index in [4.69, 9.17) is 16.3 Å². The molecule has 0 spiro atoms. The highest BCUT2D eigenvalue weighted by Crippen LogP contribution is 2.27. The fourth-order valence-electron chi connectivity index (χ4n) is 1.98. The second-order valence-electron chi connectivity index (χ2n) is 5.04. The van der Waals surface area contributed by atoms with Gasteiger partial charge in [-0.25, -0.2) is 8.42 Å². The van der Waals surface area contributed by atoms with Crippen LogP contribution >= 0.6 is 11.6 Å². The molecule has 0 saturated carbocycles. The molecule has 6 nitrogen and oxygen atoms in total. The van der Waals surface area contributed by atoms with E-state index in [1.165, 1.54) is 31.4 Å². The first-order chi connectivity index (χ1) is 11.3. The summed E-state index contributed by atoms with van der Waals surface area (Å²) in [6, 6.07) is 11.0. The lowest BCUT2D eigenvalue weighted by Crippen LogP contribution is -2.22. The zero-order valence-corrected chi connectivity index (χ0v) is 14.7. The van der Waals surface area contributed by atoms with Crippen LogP contribution in [-0.4, -0.2) is 34.2 Å². The van der Waals surface area contributed by atoms with Crippen molar-refractivity contribution in [3.05, 3.63) is 47.5 Å². The molecular formula is C16H17ClN2O4S. The summed E-state index contributed by atoms with van der Waals surface area (Å²) in [4.78, 5) is 12.2. The van der Waals surface area contributed by atoms with Gasteiger partial charge in [0.25, 0.3) is 0 Å². The van der Waals surface area contributed by atoms with Crippen LogP contribution in [-0.2, 0) is 14.6 Å². The average Bonchev–Trinajstić information content (AvgIpc) is 2.53.